The number of nitrogens with one attached hydrogen (secondary N) is 1. The van der Waals surface area contributed by atoms with Gasteiger partial charge in [-0.15, -0.1) is 0 Å². The second kappa shape index (κ2) is 4.27. The minimum Gasteiger partial charge on any atom is -0.481 e. The minimum absolute atomic E-state index is 0.282. The number of ether oxygens (including phenoxy) is 1. The molecule has 0 aromatic carbocycles. The molecule has 0 amide bonds. The number of hydrogen-bond acceptors (Lipinski definition) is 4. The molecule has 3 unspecified atom stereocenters. The molecule has 110 valence electrons. The summed E-state index contributed by atoms with van der Waals surface area (Å²) in [6, 6.07) is 4.07. The maximum Gasteiger partial charge on any atom is 0.215 e. The monoisotopic (exact) mass is 275 g/mol. The largest absolute Gasteiger partial charge is 0.481 e. The molecule has 0 aliphatic heterocycles. The zero-order valence-corrected chi connectivity index (χ0v) is 12.9. The van der Waals surface area contributed by atoms with Crippen LogP contribution in [-0.2, 0) is 0 Å². The molecule has 2 bridgehead atoms. The molecular weight excluding hydrogens is 250 g/mol. The number of nitrogens with zero attached hydrogens (tertiary/aromatic N) is 1. The van der Waals surface area contributed by atoms with Gasteiger partial charge in [0.2, 0.25) is 5.88 Å². The van der Waals surface area contributed by atoms with Crippen molar-refractivity contribution in [2.45, 2.75) is 46.1 Å². The highest BCUT2D eigenvalue weighted by atomic mass is 16.5. The number of aromatic nitrogens is 1. The number of hydrogen-bond donors (Lipinski definition) is 2. The van der Waals surface area contributed by atoms with Gasteiger partial charge in [-0.25, -0.2) is 0 Å². The second-order valence-electron chi connectivity index (χ2n) is 7.28. The fourth-order valence-corrected chi connectivity index (χ4v) is 4.48. The predicted octanol–water partition coefficient (Wildman–Crippen LogP) is 3.30. The van der Waals surface area contributed by atoms with Crippen molar-refractivity contribution in [3.05, 3.63) is 12.1 Å². The molecule has 2 aliphatic carbocycles. The summed E-state index contributed by atoms with van der Waals surface area (Å²) in [5.41, 5.74) is 7.39. The highest BCUT2D eigenvalue weighted by Crippen LogP contribution is 2.63. The Bertz CT molecular complexity index is 524. The van der Waals surface area contributed by atoms with Crippen LogP contribution in [0.1, 0.15) is 40.0 Å². The highest BCUT2D eigenvalue weighted by Gasteiger charge is 2.59. The van der Waals surface area contributed by atoms with E-state index in [1.165, 1.54) is 19.3 Å². The average Bonchev–Trinajstić information content (AvgIpc) is 2.88. The second-order valence-corrected chi connectivity index (χ2v) is 7.28. The third kappa shape index (κ3) is 1.85. The van der Waals surface area contributed by atoms with Crippen molar-refractivity contribution in [1.82, 2.24) is 4.98 Å². The van der Waals surface area contributed by atoms with Gasteiger partial charge in [-0.05, 0) is 42.1 Å². The molecule has 2 saturated carbocycles. The average molecular weight is 275 g/mol. The van der Waals surface area contributed by atoms with Crippen LogP contribution in [0.3, 0.4) is 0 Å². The summed E-state index contributed by atoms with van der Waals surface area (Å²) < 4.78 is 5.21. The molecule has 0 saturated heterocycles. The van der Waals surface area contributed by atoms with Gasteiger partial charge in [0.25, 0.3) is 0 Å². The van der Waals surface area contributed by atoms with Gasteiger partial charge in [-0.3, -0.25) is 0 Å². The lowest BCUT2D eigenvalue weighted by molar-refractivity contribution is 0.155. The highest BCUT2D eigenvalue weighted by molar-refractivity contribution is 5.63. The van der Waals surface area contributed by atoms with E-state index >= 15 is 0 Å². The van der Waals surface area contributed by atoms with Crippen LogP contribution in [0.25, 0.3) is 0 Å². The Labute approximate surface area is 121 Å². The molecule has 0 spiro atoms. The zero-order valence-electron chi connectivity index (χ0n) is 12.9. The van der Waals surface area contributed by atoms with Crippen LogP contribution >= 0.6 is 0 Å². The van der Waals surface area contributed by atoms with E-state index in [1.807, 2.05) is 6.07 Å². The molecule has 4 heteroatoms. The molecule has 3 atom stereocenters. The summed E-state index contributed by atoms with van der Waals surface area (Å²) in [7, 11) is 1.63. The summed E-state index contributed by atoms with van der Waals surface area (Å²) in [4.78, 5) is 4.48. The topological polar surface area (TPSA) is 60.2 Å². The number of anilines is 2. The van der Waals surface area contributed by atoms with Crippen LogP contribution in [0.5, 0.6) is 5.88 Å². The lowest BCUT2D eigenvalue weighted by Gasteiger charge is -2.43. The predicted molar refractivity (Wildman–Crippen MR) is 81.8 cm³/mol. The molecule has 1 aromatic rings. The van der Waals surface area contributed by atoms with Crippen molar-refractivity contribution in [3.8, 4) is 5.88 Å². The van der Waals surface area contributed by atoms with E-state index in [2.05, 4.69) is 31.1 Å². The third-order valence-corrected chi connectivity index (χ3v) is 5.66. The van der Waals surface area contributed by atoms with Gasteiger partial charge in [-0.2, -0.15) is 4.98 Å². The summed E-state index contributed by atoms with van der Waals surface area (Å²) in [5, 5.41) is 3.63. The van der Waals surface area contributed by atoms with E-state index in [9.17, 15) is 0 Å². The van der Waals surface area contributed by atoms with Crippen LogP contribution in [0.15, 0.2) is 12.1 Å². The maximum atomic E-state index is 6.07. The minimum atomic E-state index is 0.282. The summed E-state index contributed by atoms with van der Waals surface area (Å²) >= 11 is 0. The lowest BCUT2D eigenvalue weighted by atomic mass is 9.68. The Balaban J connectivity index is 1.91. The number of nitrogen functional groups attached to an aromatic ring is 1. The standard InChI is InChI=1S/C16H25N3O/c1-15(2)10-7-8-16(3,9-10)14(15)19-13-11(17)5-6-12(18-13)20-4/h5-6,10,14H,7-9,17H2,1-4H3,(H,18,19). The Hall–Kier alpha value is -1.45. The van der Waals surface area contributed by atoms with Gasteiger partial charge in [0.15, 0.2) is 5.82 Å². The first-order valence-corrected chi connectivity index (χ1v) is 7.44. The van der Waals surface area contributed by atoms with Crippen molar-refractivity contribution < 1.29 is 4.74 Å². The fraction of sp³-hybridized carbons (Fsp3) is 0.688. The van der Waals surface area contributed by atoms with Gasteiger partial charge in [-0.1, -0.05) is 20.8 Å². The molecular formula is C16H25N3O. The van der Waals surface area contributed by atoms with E-state index in [0.29, 0.717) is 23.0 Å². The lowest BCUT2D eigenvalue weighted by Crippen LogP contribution is -2.46. The zero-order chi connectivity index (χ0) is 14.5. The van der Waals surface area contributed by atoms with Crippen molar-refractivity contribution >= 4 is 11.5 Å². The maximum absolute atomic E-state index is 6.07. The Morgan fingerprint density at radius 2 is 2.10 bits per heavy atom. The Morgan fingerprint density at radius 1 is 1.35 bits per heavy atom. The van der Waals surface area contributed by atoms with Gasteiger partial charge in [0, 0.05) is 12.1 Å². The molecule has 1 aromatic heterocycles. The van der Waals surface area contributed by atoms with Crippen molar-refractivity contribution in [3.63, 3.8) is 0 Å². The molecule has 4 nitrogen and oxygen atoms in total. The fourth-order valence-electron chi connectivity index (χ4n) is 4.48. The van der Waals surface area contributed by atoms with Crippen LogP contribution < -0.4 is 15.8 Å². The van der Waals surface area contributed by atoms with Crippen LogP contribution in [0.4, 0.5) is 11.5 Å². The first-order chi connectivity index (χ1) is 9.37. The van der Waals surface area contributed by atoms with E-state index < -0.39 is 0 Å². The normalized spacial score (nSPS) is 34.2. The van der Waals surface area contributed by atoms with Crippen LogP contribution in [0.2, 0.25) is 0 Å². The van der Waals surface area contributed by atoms with Crippen LogP contribution in [0, 0.1) is 16.7 Å². The number of nitrogens with two attached hydrogens (primary N) is 1. The molecule has 0 radical (unpaired) electrons. The number of pyridine rings is 1. The molecule has 2 aliphatic rings. The summed E-state index contributed by atoms with van der Waals surface area (Å²) in [5.74, 6) is 2.17. The smallest absolute Gasteiger partial charge is 0.215 e. The molecule has 1 heterocycles. The van der Waals surface area contributed by atoms with E-state index in [-0.39, 0.29) is 5.41 Å². The van der Waals surface area contributed by atoms with E-state index in [1.54, 1.807) is 13.2 Å². The van der Waals surface area contributed by atoms with Gasteiger partial charge in [0.05, 0.1) is 12.8 Å². The first-order valence-electron chi connectivity index (χ1n) is 7.44. The Kier molecular flexibility index (Phi) is 2.89. The van der Waals surface area contributed by atoms with Gasteiger partial charge < -0.3 is 15.8 Å². The van der Waals surface area contributed by atoms with Crippen LogP contribution in [-0.4, -0.2) is 18.1 Å². The molecule has 20 heavy (non-hydrogen) atoms. The number of rotatable bonds is 3. The quantitative estimate of drug-likeness (QED) is 0.888. The van der Waals surface area contributed by atoms with E-state index in [4.69, 9.17) is 10.5 Å². The van der Waals surface area contributed by atoms with Gasteiger partial charge in [0.1, 0.15) is 0 Å². The first kappa shape index (κ1) is 13.5. The van der Waals surface area contributed by atoms with Crippen molar-refractivity contribution in [1.29, 1.82) is 0 Å². The molecule has 3 N–H and O–H groups in total. The van der Waals surface area contributed by atoms with Crippen molar-refractivity contribution in [2.75, 3.05) is 18.2 Å². The Morgan fingerprint density at radius 3 is 2.70 bits per heavy atom. The van der Waals surface area contributed by atoms with Crippen molar-refractivity contribution in [2.24, 2.45) is 16.7 Å². The summed E-state index contributed by atoms with van der Waals surface area (Å²) in [6.45, 7) is 7.14. The molecule has 2 fully saturated rings. The SMILES string of the molecule is COc1ccc(N)c(NC2C3(C)CCC(C3)C2(C)C)n1. The number of fused-ring (bicyclic) bond motifs is 2. The van der Waals surface area contributed by atoms with Gasteiger partial charge >= 0.3 is 0 Å². The summed E-state index contributed by atoms with van der Waals surface area (Å²) in [6.07, 6.45) is 3.95. The number of methoxy groups -OCH3 is 1. The third-order valence-electron chi connectivity index (χ3n) is 5.66. The van der Waals surface area contributed by atoms with E-state index in [0.717, 1.165) is 11.7 Å². The molecule has 3 rings (SSSR count).